The summed E-state index contributed by atoms with van der Waals surface area (Å²) in [5.41, 5.74) is 4.65. The zero-order valence-electron chi connectivity index (χ0n) is 17.9. The Kier molecular flexibility index (Phi) is 5.68. The number of rotatable bonds is 6. The highest BCUT2D eigenvalue weighted by atomic mass is 28.4. The highest BCUT2D eigenvalue weighted by Crippen LogP contribution is 2.54. The number of carbonyl (C=O) groups is 1. The topological polar surface area (TPSA) is 59.3 Å². The Labute approximate surface area is 180 Å². The molecule has 1 atom stereocenters. The van der Waals surface area contributed by atoms with E-state index >= 15 is 0 Å². The van der Waals surface area contributed by atoms with E-state index in [1.807, 2.05) is 39.9 Å². The van der Waals surface area contributed by atoms with Gasteiger partial charge in [-0.3, -0.25) is 4.79 Å². The van der Waals surface area contributed by atoms with Crippen molar-refractivity contribution >= 4 is 14.6 Å². The lowest BCUT2D eigenvalue weighted by molar-refractivity contribution is -0.106. The second-order valence-corrected chi connectivity index (χ2v) is 13.8. The van der Waals surface area contributed by atoms with Crippen molar-refractivity contribution in [3.63, 3.8) is 0 Å². The van der Waals surface area contributed by atoms with Gasteiger partial charge in [-0.25, -0.2) is 4.39 Å². The maximum atomic E-state index is 14.8. The Balaban J connectivity index is 2.02. The van der Waals surface area contributed by atoms with E-state index in [0.717, 1.165) is 6.07 Å². The van der Waals surface area contributed by atoms with Crippen molar-refractivity contribution in [2.45, 2.75) is 57.4 Å². The molecule has 0 heterocycles. The maximum absolute atomic E-state index is 14.8. The fraction of sp³-hybridized carbons (Fsp3) is 0.391. The number of hydrogen-bond donors (Lipinski definition) is 0. The van der Waals surface area contributed by atoms with Gasteiger partial charge in [0.15, 0.2) is 20.4 Å². The molecule has 1 unspecified atom stereocenters. The van der Waals surface area contributed by atoms with Gasteiger partial charge in [0.25, 0.3) is 0 Å². The molecule has 2 aliphatic rings. The van der Waals surface area contributed by atoms with Crippen molar-refractivity contribution in [3.8, 4) is 11.8 Å². The summed E-state index contributed by atoms with van der Waals surface area (Å²) in [6, 6.07) is 5.61. The molecule has 0 aromatic heterocycles. The first-order valence-electron chi connectivity index (χ1n) is 9.68. The number of alkyl halides is 2. The van der Waals surface area contributed by atoms with Gasteiger partial charge >= 0.3 is 5.92 Å². The lowest BCUT2D eigenvalue weighted by Gasteiger charge is -2.48. The Morgan fingerprint density at radius 2 is 1.94 bits per heavy atom. The third kappa shape index (κ3) is 4.06. The highest BCUT2D eigenvalue weighted by Gasteiger charge is 2.63. The van der Waals surface area contributed by atoms with E-state index in [0.29, 0.717) is 11.8 Å². The molecule has 1 aromatic rings. The van der Waals surface area contributed by atoms with Crippen molar-refractivity contribution in [1.82, 2.24) is 0 Å². The Hall–Kier alpha value is -2.81. The quantitative estimate of drug-likeness (QED) is 0.335. The number of ether oxygens (including phenoxy) is 1. The van der Waals surface area contributed by atoms with Crippen LogP contribution in [0.5, 0.6) is 5.75 Å². The molecular formula is C23H22F3NO3Si. The number of nitriles is 1. The minimum atomic E-state index is -3.31. The molecule has 0 spiro atoms. The first-order valence-corrected chi connectivity index (χ1v) is 12.6. The van der Waals surface area contributed by atoms with Crippen LogP contribution in [0.3, 0.4) is 0 Å². The molecule has 8 heteroatoms. The number of hydrogen-bond acceptors (Lipinski definition) is 4. The summed E-state index contributed by atoms with van der Waals surface area (Å²) in [5, 5.41) is 8.51. The monoisotopic (exact) mass is 445 g/mol. The van der Waals surface area contributed by atoms with Crippen molar-refractivity contribution in [2.75, 3.05) is 0 Å². The lowest BCUT2D eigenvalue weighted by Crippen LogP contribution is -2.58. The smallest absolute Gasteiger partial charge is 0.309 e. The molecule has 0 amide bonds. The van der Waals surface area contributed by atoms with Crippen LogP contribution in [0.15, 0.2) is 52.1 Å². The average Bonchev–Trinajstić information content (AvgIpc) is 2.64. The van der Waals surface area contributed by atoms with Crippen molar-refractivity contribution in [1.29, 1.82) is 5.26 Å². The summed E-state index contributed by atoms with van der Waals surface area (Å²) in [7, 11) is -2.59. The van der Waals surface area contributed by atoms with E-state index in [9.17, 15) is 18.0 Å². The molecular weight excluding hydrogens is 423 g/mol. The second-order valence-electron chi connectivity index (χ2n) is 9.01. The first kappa shape index (κ1) is 22.9. The van der Waals surface area contributed by atoms with E-state index in [-0.39, 0.29) is 34.1 Å². The minimum absolute atomic E-state index is 0.0194. The molecule has 0 radical (unpaired) electrons. The normalized spacial score (nSPS) is 19.6. The third-order valence-electron chi connectivity index (χ3n) is 5.80. The Morgan fingerprint density at radius 1 is 1.26 bits per heavy atom. The van der Waals surface area contributed by atoms with Gasteiger partial charge in [-0.05, 0) is 41.6 Å². The van der Waals surface area contributed by atoms with Crippen molar-refractivity contribution in [2.24, 2.45) is 0 Å². The zero-order chi connectivity index (χ0) is 23.2. The van der Waals surface area contributed by atoms with Crippen LogP contribution in [0.4, 0.5) is 13.2 Å². The maximum Gasteiger partial charge on any atom is 0.309 e. The summed E-state index contributed by atoms with van der Waals surface area (Å²) >= 11 is 0. The number of carbonyl (C=O) groups excluding carboxylic acids is 1. The molecule has 0 N–H and O–H groups in total. The zero-order valence-corrected chi connectivity index (χ0v) is 18.9. The highest BCUT2D eigenvalue weighted by molar-refractivity contribution is 6.74. The molecule has 1 aromatic carbocycles. The molecule has 0 aliphatic heterocycles. The van der Waals surface area contributed by atoms with Crippen LogP contribution in [0.25, 0.3) is 0 Å². The van der Waals surface area contributed by atoms with Gasteiger partial charge < -0.3 is 9.16 Å². The molecule has 162 valence electrons. The van der Waals surface area contributed by atoms with E-state index < -0.39 is 31.7 Å². The molecule has 31 heavy (non-hydrogen) atoms. The third-order valence-corrected chi connectivity index (χ3v) is 10.2. The van der Waals surface area contributed by atoms with Crippen LogP contribution in [0.2, 0.25) is 18.1 Å². The number of fused-ring (bicyclic) bond motifs is 1. The van der Waals surface area contributed by atoms with Crippen LogP contribution in [0, 0.1) is 17.1 Å². The van der Waals surface area contributed by atoms with Gasteiger partial charge in [0, 0.05) is 11.6 Å². The number of halogens is 3. The van der Waals surface area contributed by atoms with Crippen molar-refractivity contribution < 1.29 is 27.1 Å². The fourth-order valence-electron chi connectivity index (χ4n) is 3.07. The van der Waals surface area contributed by atoms with E-state index in [1.54, 1.807) is 0 Å². The van der Waals surface area contributed by atoms with E-state index in [4.69, 9.17) is 14.4 Å². The molecule has 1 saturated carbocycles. The number of benzene rings is 1. The standard InChI is InChI=1S/C23H22F3NO3Si/c1-22(2,3)31(4,5)30-21-20-17(13-28)19(7-6-18(20)23(21,25)26)29-16-11-14(8-9-27)10-15(24)12-16/h10-13,21H,8H2,1-5H3. The van der Waals surface area contributed by atoms with E-state index in [1.165, 1.54) is 12.1 Å². The summed E-state index contributed by atoms with van der Waals surface area (Å²) in [4.78, 5) is 11.9. The van der Waals surface area contributed by atoms with Gasteiger partial charge in [-0.2, -0.15) is 14.0 Å². The molecule has 2 aliphatic carbocycles. The summed E-state index contributed by atoms with van der Waals surface area (Å²) < 4.78 is 55.0. The van der Waals surface area contributed by atoms with Crippen LogP contribution in [0.1, 0.15) is 26.3 Å². The Morgan fingerprint density at radius 3 is 2.52 bits per heavy atom. The second kappa shape index (κ2) is 7.71. The molecule has 1 fully saturated rings. The average molecular weight is 446 g/mol. The number of aldehydes is 1. The predicted octanol–water partition coefficient (Wildman–Crippen LogP) is 5.38. The largest absolute Gasteiger partial charge is 0.447 e. The molecule has 4 nitrogen and oxygen atoms in total. The molecule has 0 saturated heterocycles. The van der Waals surface area contributed by atoms with Gasteiger partial charge in [-0.1, -0.05) is 26.5 Å². The summed E-state index contributed by atoms with van der Waals surface area (Å²) in [5.74, 6) is -4.07. The van der Waals surface area contributed by atoms with Crippen LogP contribution >= 0.6 is 0 Å². The minimum Gasteiger partial charge on any atom is -0.447 e. The first-order chi connectivity index (χ1) is 14.3. The number of nitrogens with zero attached hydrogens (tertiary/aromatic N) is 1. The van der Waals surface area contributed by atoms with Crippen molar-refractivity contribution in [3.05, 3.63) is 63.5 Å². The predicted molar refractivity (Wildman–Crippen MR) is 111 cm³/mol. The van der Waals surface area contributed by atoms with Gasteiger partial charge in [0.05, 0.1) is 23.6 Å². The SMILES string of the molecule is CC(C)(C)[Si](C)(C)OC1C2=C(C=O)C(Oc3cc(F)cc(CC#N)c3)=C=C=C2C1(F)F. The van der Waals surface area contributed by atoms with Crippen LogP contribution < -0.4 is 4.74 Å². The lowest BCUT2D eigenvalue weighted by atomic mass is 9.74. The van der Waals surface area contributed by atoms with E-state index in [2.05, 4.69) is 11.5 Å². The van der Waals surface area contributed by atoms with Crippen LogP contribution in [-0.2, 0) is 15.6 Å². The van der Waals surface area contributed by atoms with Gasteiger partial charge in [0.2, 0.25) is 0 Å². The van der Waals surface area contributed by atoms with Crippen LogP contribution in [-0.4, -0.2) is 26.6 Å². The van der Waals surface area contributed by atoms with Gasteiger partial charge in [0.1, 0.15) is 17.7 Å². The summed E-state index contributed by atoms with van der Waals surface area (Å²) in [6.07, 6.45) is -1.23. The summed E-state index contributed by atoms with van der Waals surface area (Å²) in [6.45, 7) is 9.49. The Bertz CT molecular complexity index is 1130. The fourth-order valence-corrected chi connectivity index (χ4v) is 4.28. The molecule has 3 rings (SSSR count). The van der Waals surface area contributed by atoms with Gasteiger partial charge in [-0.15, -0.1) is 0 Å². The molecule has 0 bridgehead atoms. The number of allylic oxidation sites excluding steroid dienone is 1.